The molecule has 0 saturated heterocycles. The molecule has 0 aliphatic carbocycles. The van der Waals surface area contributed by atoms with Crippen molar-refractivity contribution in [3.05, 3.63) is 35.9 Å². The number of amides is 2. The van der Waals surface area contributed by atoms with E-state index >= 15 is 0 Å². The molecule has 1 rings (SSSR count). The molecule has 130 valence electrons. The number of hydrogen-bond acceptors (Lipinski definition) is 3. The number of benzene rings is 1. The van der Waals surface area contributed by atoms with Crippen LogP contribution in [0, 0.1) is 5.92 Å². The fraction of sp³-hybridized carbons (Fsp3) is 0.529. The monoisotopic (exact) mass is 341 g/mol. The number of nitrogens with one attached hydrogen (secondary N) is 3. The van der Waals surface area contributed by atoms with Gasteiger partial charge >= 0.3 is 0 Å². The maximum Gasteiger partial charge on any atom is 0.251 e. The first kappa shape index (κ1) is 21.4. The highest BCUT2D eigenvalue weighted by Crippen LogP contribution is 2.09. The fourth-order valence-corrected chi connectivity index (χ4v) is 2.10. The van der Waals surface area contributed by atoms with Crippen LogP contribution in [0.5, 0.6) is 0 Å². The Labute approximate surface area is 145 Å². The van der Waals surface area contributed by atoms with Crippen molar-refractivity contribution in [2.75, 3.05) is 20.1 Å². The molecule has 0 heterocycles. The maximum absolute atomic E-state index is 12.3. The summed E-state index contributed by atoms with van der Waals surface area (Å²) in [4.78, 5) is 24.6. The summed E-state index contributed by atoms with van der Waals surface area (Å²) in [6.45, 7) is 5.45. The second-order valence-corrected chi connectivity index (χ2v) is 5.45. The molecule has 0 aromatic heterocycles. The Morgan fingerprint density at radius 3 is 2.35 bits per heavy atom. The molecule has 0 bridgehead atoms. The van der Waals surface area contributed by atoms with Gasteiger partial charge in [0.2, 0.25) is 5.91 Å². The fourth-order valence-electron chi connectivity index (χ4n) is 2.10. The molecule has 0 aliphatic heterocycles. The van der Waals surface area contributed by atoms with Gasteiger partial charge in [0.15, 0.2) is 0 Å². The molecule has 3 N–H and O–H groups in total. The van der Waals surface area contributed by atoms with Crippen molar-refractivity contribution in [2.24, 2.45) is 5.92 Å². The Balaban J connectivity index is 0.00000484. The van der Waals surface area contributed by atoms with Gasteiger partial charge in [-0.25, -0.2) is 0 Å². The predicted octanol–water partition coefficient (Wildman–Crippen LogP) is 1.98. The minimum Gasteiger partial charge on any atom is -0.354 e. The zero-order valence-corrected chi connectivity index (χ0v) is 14.9. The lowest BCUT2D eigenvalue weighted by Crippen LogP contribution is -2.50. The highest BCUT2D eigenvalue weighted by Gasteiger charge is 2.25. The summed E-state index contributed by atoms with van der Waals surface area (Å²) in [5.74, 6) is -0.247. The van der Waals surface area contributed by atoms with Gasteiger partial charge in [0.1, 0.15) is 6.04 Å². The van der Waals surface area contributed by atoms with Crippen LogP contribution in [-0.2, 0) is 4.79 Å². The second kappa shape index (κ2) is 11.9. The molecule has 23 heavy (non-hydrogen) atoms. The second-order valence-electron chi connectivity index (χ2n) is 5.45. The summed E-state index contributed by atoms with van der Waals surface area (Å²) in [5.41, 5.74) is 0.568. The van der Waals surface area contributed by atoms with Crippen LogP contribution in [-0.4, -0.2) is 38.0 Å². The number of carbonyl (C=O) groups is 2. The molecule has 5 nitrogen and oxygen atoms in total. The van der Waals surface area contributed by atoms with Gasteiger partial charge in [-0.2, -0.15) is 0 Å². The SMILES string of the molecule is CCC(C)C(NC(=O)c1ccccc1)C(=O)NCCCNC.Cl. The van der Waals surface area contributed by atoms with Crippen LogP contribution in [0.1, 0.15) is 37.0 Å². The zero-order valence-electron chi connectivity index (χ0n) is 14.1. The zero-order chi connectivity index (χ0) is 16.4. The first-order valence-electron chi connectivity index (χ1n) is 7.88. The standard InChI is InChI=1S/C17H27N3O2.ClH/c1-4-13(2)15(17(22)19-12-8-11-18-3)20-16(21)14-9-6-5-7-10-14;/h5-7,9-10,13,15,18H,4,8,11-12H2,1-3H3,(H,19,22)(H,20,21);1H. The summed E-state index contributed by atoms with van der Waals surface area (Å²) < 4.78 is 0. The van der Waals surface area contributed by atoms with Gasteiger partial charge < -0.3 is 16.0 Å². The van der Waals surface area contributed by atoms with Crippen molar-refractivity contribution >= 4 is 24.2 Å². The van der Waals surface area contributed by atoms with E-state index in [1.165, 1.54) is 0 Å². The Morgan fingerprint density at radius 1 is 1.13 bits per heavy atom. The molecule has 0 aliphatic rings. The van der Waals surface area contributed by atoms with E-state index in [4.69, 9.17) is 0 Å². The molecule has 1 aromatic rings. The van der Waals surface area contributed by atoms with Crippen LogP contribution in [0.25, 0.3) is 0 Å². The van der Waals surface area contributed by atoms with Gasteiger partial charge in [-0.05, 0) is 38.1 Å². The summed E-state index contributed by atoms with van der Waals surface area (Å²) in [6.07, 6.45) is 1.69. The van der Waals surface area contributed by atoms with Crippen molar-refractivity contribution in [3.63, 3.8) is 0 Å². The molecule has 0 spiro atoms. The minimum absolute atomic E-state index is 0. The Hall–Kier alpha value is -1.59. The Bertz CT molecular complexity index is 468. The molecule has 2 atom stereocenters. The third-order valence-electron chi connectivity index (χ3n) is 3.72. The quantitative estimate of drug-likeness (QED) is 0.601. The normalized spacial score (nSPS) is 12.7. The molecule has 0 radical (unpaired) electrons. The van der Waals surface area contributed by atoms with Gasteiger partial charge in [0, 0.05) is 12.1 Å². The Morgan fingerprint density at radius 2 is 1.78 bits per heavy atom. The molecular formula is C17H28ClN3O2. The van der Waals surface area contributed by atoms with E-state index in [0.29, 0.717) is 12.1 Å². The van der Waals surface area contributed by atoms with E-state index in [1.807, 2.05) is 39.1 Å². The van der Waals surface area contributed by atoms with Crippen LogP contribution in [0.3, 0.4) is 0 Å². The average Bonchev–Trinajstić information content (AvgIpc) is 2.56. The van der Waals surface area contributed by atoms with Crippen molar-refractivity contribution < 1.29 is 9.59 Å². The minimum atomic E-state index is -0.507. The molecule has 2 unspecified atom stereocenters. The molecule has 2 amide bonds. The van der Waals surface area contributed by atoms with Crippen molar-refractivity contribution in [2.45, 2.75) is 32.7 Å². The molecule has 0 fully saturated rings. The number of carbonyl (C=O) groups excluding carboxylic acids is 2. The van der Waals surface area contributed by atoms with Crippen LogP contribution >= 0.6 is 12.4 Å². The van der Waals surface area contributed by atoms with Gasteiger partial charge in [0.05, 0.1) is 0 Å². The van der Waals surface area contributed by atoms with Crippen molar-refractivity contribution in [1.29, 1.82) is 0 Å². The molecule has 1 aromatic carbocycles. The third kappa shape index (κ3) is 7.48. The van der Waals surface area contributed by atoms with Gasteiger partial charge in [-0.15, -0.1) is 12.4 Å². The van der Waals surface area contributed by atoms with E-state index in [9.17, 15) is 9.59 Å². The molecule has 0 saturated carbocycles. The number of rotatable bonds is 9. The summed E-state index contributed by atoms with van der Waals surface area (Å²) >= 11 is 0. The molecular weight excluding hydrogens is 314 g/mol. The highest BCUT2D eigenvalue weighted by molar-refractivity contribution is 5.97. The number of halogens is 1. The summed E-state index contributed by atoms with van der Waals surface area (Å²) in [5, 5.41) is 8.79. The first-order valence-corrected chi connectivity index (χ1v) is 7.88. The Kier molecular flexibility index (Phi) is 11.1. The van der Waals surface area contributed by atoms with Crippen LogP contribution in [0.15, 0.2) is 30.3 Å². The van der Waals surface area contributed by atoms with Gasteiger partial charge in [-0.3, -0.25) is 9.59 Å². The third-order valence-corrected chi connectivity index (χ3v) is 3.72. The van der Waals surface area contributed by atoms with E-state index in [0.717, 1.165) is 19.4 Å². The predicted molar refractivity (Wildman–Crippen MR) is 96.0 cm³/mol. The lowest BCUT2D eigenvalue weighted by atomic mass is 9.98. The highest BCUT2D eigenvalue weighted by atomic mass is 35.5. The first-order chi connectivity index (χ1) is 10.6. The summed E-state index contributed by atoms with van der Waals surface area (Å²) in [6, 6.07) is 8.46. The van der Waals surface area contributed by atoms with Crippen LogP contribution in [0.2, 0.25) is 0 Å². The summed E-state index contributed by atoms with van der Waals surface area (Å²) in [7, 11) is 1.88. The van der Waals surface area contributed by atoms with E-state index in [1.54, 1.807) is 12.1 Å². The molecule has 6 heteroatoms. The van der Waals surface area contributed by atoms with E-state index in [2.05, 4.69) is 16.0 Å². The van der Waals surface area contributed by atoms with Crippen molar-refractivity contribution in [3.8, 4) is 0 Å². The largest absolute Gasteiger partial charge is 0.354 e. The average molecular weight is 342 g/mol. The van der Waals surface area contributed by atoms with E-state index in [-0.39, 0.29) is 30.1 Å². The van der Waals surface area contributed by atoms with E-state index < -0.39 is 6.04 Å². The number of hydrogen-bond donors (Lipinski definition) is 3. The smallest absolute Gasteiger partial charge is 0.251 e. The lowest BCUT2D eigenvalue weighted by molar-refractivity contribution is -0.124. The van der Waals surface area contributed by atoms with Gasteiger partial charge in [-0.1, -0.05) is 38.5 Å². The van der Waals surface area contributed by atoms with Gasteiger partial charge in [0.25, 0.3) is 5.91 Å². The lowest BCUT2D eigenvalue weighted by Gasteiger charge is -2.23. The van der Waals surface area contributed by atoms with Crippen LogP contribution in [0.4, 0.5) is 0 Å². The topological polar surface area (TPSA) is 70.2 Å². The maximum atomic E-state index is 12.3. The van der Waals surface area contributed by atoms with Crippen LogP contribution < -0.4 is 16.0 Å². The van der Waals surface area contributed by atoms with Crippen molar-refractivity contribution in [1.82, 2.24) is 16.0 Å².